The predicted molar refractivity (Wildman–Crippen MR) is 118 cm³/mol. The monoisotopic (exact) mass is 407 g/mol. The Labute approximate surface area is 177 Å². The van der Waals surface area contributed by atoms with Gasteiger partial charge in [-0.25, -0.2) is 4.79 Å². The van der Waals surface area contributed by atoms with Crippen LogP contribution in [0.2, 0.25) is 0 Å². The van der Waals surface area contributed by atoms with E-state index in [-0.39, 0.29) is 0 Å². The van der Waals surface area contributed by atoms with Crippen molar-refractivity contribution in [2.45, 2.75) is 104 Å². The Kier molecular flexibility index (Phi) is 10.5. The topological polar surface area (TPSA) is 67.8 Å². The van der Waals surface area contributed by atoms with E-state index in [4.69, 9.17) is 9.47 Å². The van der Waals surface area contributed by atoms with Gasteiger partial charge >= 0.3 is 6.09 Å². The predicted octanol–water partition coefficient (Wildman–Crippen LogP) is 5.63. The SMILES string of the molecule is CCCCCCCOc1ccc(CC[C@@](C)(NC(=O)OC(C)(C)C)C(C)O)cc1. The van der Waals surface area contributed by atoms with Crippen molar-refractivity contribution in [2.75, 3.05) is 6.61 Å². The summed E-state index contributed by atoms with van der Waals surface area (Å²) in [5.41, 5.74) is -0.205. The molecule has 1 amide bonds. The van der Waals surface area contributed by atoms with Gasteiger partial charge in [0.25, 0.3) is 0 Å². The highest BCUT2D eigenvalue weighted by molar-refractivity contribution is 5.68. The molecule has 0 spiro atoms. The summed E-state index contributed by atoms with van der Waals surface area (Å²) in [6.07, 6.45) is 6.24. The number of aliphatic hydroxyl groups is 1. The second-order valence-electron chi connectivity index (χ2n) is 9.13. The number of nitrogens with one attached hydrogen (secondary N) is 1. The van der Waals surface area contributed by atoms with Crippen molar-refractivity contribution in [2.24, 2.45) is 0 Å². The van der Waals surface area contributed by atoms with Crippen LogP contribution in [0.25, 0.3) is 0 Å². The highest BCUT2D eigenvalue weighted by atomic mass is 16.6. The molecule has 0 aromatic heterocycles. The van der Waals surface area contributed by atoms with E-state index in [1.54, 1.807) is 6.92 Å². The molecule has 5 nitrogen and oxygen atoms in total. The van der Waals surface area contributed by atoms with Crippen LogP contribution in [0, 0.1) is 0 Å². The lowest BCUT2D eigenvalue weighted by Crippen LogP contribution is -2.54. The van der Waals surface area contributed by atoms with Crippen LogP contribution < -0.4 is 10.1 Å². The zero-order valence-corrected chi connectivity index (χ0v) is 19.2. The van der Waals surface area contributed by atoms with E-state index < -0.39 is 23.3 Å². The third-order valence-corrected chi connectivity index (χ3v) is 5.08. The normalized spacial score (nSPS) is 14.7. The molecule has 1 aromatic rings. The lowest BCUT2D eigenvalue weighted by molar-refractivity contribution is 0.0276. The Morgan fingerprint density at radius 1 is 1.07 bits per heavy atom. The van der Waals surface area contributed by atoms with Crippen LogP contribution in [-0.4, -0.2) is 35.1 Å². The van der Waals surface area contributed by atoms with Crippen LogP contribution in [0.1, 0.15) is 85.6 Å². The zero-order chi connectivity index (χ0) is 21.9. The number of aliphatic hydroxyl groups excluding tert-OH is 1. The van der Waals surface area contributed by atoms with Gasteiger partial charge in [0.15, 0.2) is 0 Å². The Hall–Kier alpha value is -1.75. The summed E-state index contributed by atoms with van der Waals surface area (Å²) in [7, 11) is 0. The number of rotatable bonds is 12. The number of benzene rings is 1. The molecule has 0 radical (unpaired) electrons. The smallest absolute Gasteiger partial charge is 0.408 e. The average Bonchev–Trinajstić information content (AvgIpc) is 2.62. The van der Waals surface area contributed by atoms with Gasteiger partial charge in [0, 0.05) is 0 Å². The first-order chi connectivity index (χ1) is 13.6. The first-order valence-corrected chi connectivity index (χ1v) is 11.0. The first-order valence-electron chi connectivity index (χ1n) is 11.0. The summed E-state index contributed by atoms with van der Waals surface area (Å²) >= 11 is 0. The fourth-order valence-electron chi connectivity index (χ4n) is 2.96. The highest BCUT2D eigenvalue weighted by Gasteiger charge is 2.33. The first kappa shape index (κ1) is 25.3. The van der Waals surface area contributed by atoms with E-state index in [2.05, 4.69) is 12.2 Å². The molecule has 1 unspecified atom stereocenters. The van der Waals surface area contributed by atoms with Gasteiger partial charge in [-0.15, -0.1) is 0 Å². The van der Waals surface area contributed by atoms with E-state index in [0.29, 0.717) is 6.42 Å². The quantitative estimate of drug-likeness (QED) is 0.440. The van der Waals surface area contributed by atoms with Gasteiger partial charge in [0.2, 0.25) is 0 Å². The van der Waals surface area contributed by atoms with E-state index in [9.17, 15) is 9.90 Å². The molecule has 0 heterocycles. The van der Waals surface area contributed by atoms with Crippen molar-refractivity contribution in [3.05, 3.63) is 29.8 Å². The molecule has 5 heteroatoms. The molecular formula is C24H41NO4. The summed E-state index contributed by atoms with van der Waals surface area (Å²) in [6.45, 7) is 12.0. The van der Waals surface area contributed by atoms with Gasteiger partial charge in [-0.05, 0) is 71.6 Å². The van der Waals surface area contributed by atoms with Gasteiger partial charge in [-0.2, -0.15) is 0 Å². The van der Waals surface area contributed by atoms with Crippen molar-refractivity contribution in [3.8, 4) is 5.75 Å². The van der Waals surface area contributed by atoms with Gasteiger partial charge in [-0.3, -0.25) is 0 Å². The molecule has 0 aliphatic carbocycles. The van der Waals surface area contributed by atoms with Gasteiger partial charge in [0.05, 0.1) is 18.2 Å². The number of aryl methyl sites for hydroxylation is 1. The van der Waals surface area contributed by atoms with Crippen molar-refractivity contribution >= 4 is 6.09 Å². The maximum atomic E-state index is 12.2. The van der Waals surface area contributed by atoms with Crippen molar-refractivity contribution < 1.29 is 19.4 Å². The number of ether oxygens (including phenoxy) is 2. The lowest BCUT2D eigenvalue weighted by Gasteiger charge is -2.34. The standard InChI is InChI=1S/C24H41NO4/c1-7-8-9-10-11-18-28-21-14-12-20(13-15-21)16-17-24(6,19(2)26)25-22(27)29-23(3,4)5/h12-15,19,26H,7-11,16-18H2,1-6H3,(H,25,27)/t19?,24-/m1/s1. The number of amides is 1. The molecule has 0 aliphatic heterocycles. The average molecular weight is 408 g/mol. The molecule has 0 fully saturated rings. The second-order valence-corrected chi connectivity index (χ2v) is 9.13. The number of carbonyl (C=O) groups excluding carboxylic acids is 1. The van der Waals surface area contributed by atoms with E-state index >= 15 is 0 Å². The molecule has 0 saturated heterocycles. The van der Waals surface area contributed by atoms with Crippen molar-refractivity contribution in [3.63, 3.8) is 0 Å². The minimum atomic E-state index is -0.768. The number of hydrogen-bond acceptors (Lipinski definition) is 4. The van der Waals surface area contributed by atoms with Crippen molar-refractivity contribution in [1.29, 1.82) is 0 Å². The minimum absolute atomic E-state index is 0.511. The maximum Gasteiger partial charge on any atom is 0.408 e. The van der Waals surface area contributed by atoms with Crippen LogP contribution in [0.15, 0.2) is 24.3 Å². The molecule has 0 saturated carbocycles. The number of hydrogen-bond donors (Lipinski definition) is 2. The Bertz CT molecular complexity index is 592. The minimum Gasteiger partial charge on any atom is -0.494 e. The number of unbranched alkanes of at least 4 members (excludes halogenated alkanes) is 4. The van der Waals surface area contributed by atoms with Crippen molar-refractivity contribution in [1.82, 2.24) is 5.32 Å². The van der Waals surface area contributed by atoms with Gasteiger partial charge < -0.3 is 19.9 Å². The number of carbonyl (C=O) groups is 1. The third kappa shape index (κ3) is 10.6. The van der Waals surface area contributed by atoms with Crippen LogP contribution in [0.3, 0.4) is 0 Å². The Balaban J connectivity index is 2.51. The van der Waals surface area contributed by atoms with E-state index in [1.807, 2.05) is 52.0 Å². The fourth-order valence-corrected chi connectivity index (χ4v) is 2.96. The lowest BCUT2D eigenvalue weighted by atomic mass is 9.88. The van der Waals surface area contributed by atoms with Crippen LogP contribution in [-0.2, 0) is 11.2 Å². The molecular weight excluding hydrogens is 366 g/mol. The number of alkyl carbamates (subject to hydrolysis) is 1. The second kappa shape index (κ2) is 12.1. The summed E-state index contributed by atoms with van der Waals surface area (Å²) in [5, 5.41) is 13.1. The molecule has 1 aromatic carbocycles. The molecule has 29 heavy (non-hydrogen) atoms. The largest absolute Gasteiger partial charge is 0.494 e. The van der Waals surface area contributed by atoms with Crippen LogP contribution in [0.4, 0.5) is 4.79 Å². The molecule has 0 bridgehead atoms. The fraction of sp³-hybridized carbons (Fsp3) is 0.708. The molecule has 166 valence electrons. The van der Waals surface area contributed by atoms with E-state index in [1.165, 1.54) is 25.7 Å². The van der Waals surface area contributed by atoms with Gasteiger partial charge in [0.1, 0.15) is 11.4 Å². The highest BCUT2D eigenvalue weighted by Crippen LogP contribution is 2.21. The summed E-state index contributed by atoms with van der Waals surface area (Å²) in [6, 6.07) is 8.06. The van der Waals surface area contributed by atoms with Crippen LogP contribution >= 0.6 is 0 Å². The molecule has 2 atom stereocenters. The third-order valence-electron chi connectivity index (χ3n) is 5.08. The summed E-state index contributed by atoms with van der Waals surface area (Å²) in [4.78, 5) is 12.2. The summed E-state index contributed by atoms with van der Waals surface area (Å²) < 4.78 is 11.2. The Morgan fingerprint density at radius 2 is 1.69 bits per heavy atom. The maximum absolute atomic E-state index is 12.2. The van der Waals surface area contributed by atoms with Gasteiger partial charge in [-0.1, -0.05) is 44.7 Å². The zero-order valence-electron chi connectivity index (χ0n) is 19.2. The Morgan fingerprint density at radius 3 is 2.24 bits per heavy atom. The molecule has 1 rings (SSSR count). The van der Waals surface area contributed by atoms with Crippen LogP contribution in [0.5, 0.6) is 5.75 Å². The molecule has 0 aliphatic rings. The van der Waals surface area contributed by atoms with E-state index in [0.717, 1.165) is 30.8 Å². The molecule has 2 N–H and O–H groups in total. The summed E-state index contributed by atoms with van der Waals surface area (Å²) in [5.74, 6) is 0.884.